The molecule has 0 aliphatic carbocycles. The summed E-state index contributed by atoms with van der Waals surface area (Å²) in [7, 11) is 1.58. The number of methoxy groups -OCH3 is 1. The Morgan fingerprint density at radius 3 is 2.95 bits per heavy atom. The number of anilines is 1. The molecule has 0 aliphatic heterocycles. The van der Waals surface area contributed by atoms with E-state index in [1.54, 1.807) is 13.3 Å². The number of thioether (sulfide) groups is 1. The molecule has 3 aromatic rings. The van der Waals surface area contributed by atoms with Gasteiger partial charge in [0.2, 0.25) is 5.91 Å². The SMILES string of the molecule is COc1ccccc1NC(=O)CSc1ncc2ccccn12. The maximum Gasteiger partial charge on any atom is 0.234 e. The van der Waals surface area contributed by atoms with Gasteiger partial charge in [-0.15, -0.1) is 0 Å². The number of aromatic nitrogens is 2. The molecule has 0 fully saturated rings. The number of carbonyl (C=O) groups is 1. The molecule has 0 atom stereocenters. The molecule has 1 amide bonds. The van der Waals surface area contributed by atoms with Crippen LogP contribution in [0.2, 0.25) is 0 Å². The number of ether oxygens (including phenoxy) is 1. The highest BCUT2D eigenvalue weighted by Gasteiger charge is 2.10. The molecule has 2 aromatic heterocycles. The number of hydrogen-bond acceptors (Lipinski definition) is 4. The molecule has 0 saturated heterocycles. The third-order valence-corrected chi connectivity index (χ3v) is 4.09. The Kier molecular flexibility index (Phi) is 4.29. The van der Waals surface area contributed by atoms with E-state index >= 15 is 0 Å². The lowest BCUT2D eigenvalue weighted by atomic mass is 10.3. The monoisotopic (exact) mass is 313 g/mol. The van der Waals surface area contributed by atoms with E-state index in [0.29, 0.717) is 11.4 Å². The first-order chi connectivity index (χ1) is 10.8. The van der Waals surface area contributed by atoms with Crippen LogP contribution in [0.3, 0.4) is 0 Å². The molecule has 1 aromatic carbocycles. The van der Waals surface area contributed by atoms with Crippen LogP contribution in [0, 0.1) is 0 Å². The summed E-state index contributed by atoms with van der Waals surface area (Å²) < 4.78 is 7.18. The van der Waals surface area contributed by atoms with Crippen LogP contribution in [0.1, 0.15) is 0 Å². The number of nitrogens with zero attached hydrogens (tertiary/aromatic N) is 2. The standard InChI is InChI=1S/C16H15N3O2S/c1-21-14-8-3-2-7-13(14)18-15(20)11-22-16-17-10-12-6-4-5-9-19(12)16/h2-10H,11H2,1H3,(H,18,20). The van der Waals surface area contributed by atoms with E-state index in [1.165, 1.54) is 11.8 Å². The predicted molar refractivity (Wildman–Crippen MR) is 87.5 cm³/mol. The Morgan fingerprint density at radius 2 is 2.09 bits per heavy atom. The smallest absolute Gasteiger partial charge is 0.234 e. The summed E-state index contributed by atoms with van der Waals surface area (Å²) in [4.78, 5) is 16.4. The van der Waals surface area contributed by atoms with Gasteiger partial charge < -0.3 is 10.1 Å². The molecule has 6 heteroatoms. The van der Waals surface area contributed by atoms with E-state index in [2.05, 4.69) is 10.3 Å². The number of rotatable bonds is 5. The van der Waals surface area contributed by atoms with Gasteiger partial charge >= 0.3 is 0 Å². The van der Waals surface area contributed by atoms with Crippen LogP contribution in [-0.4, -0.2) is 28.2 Å². The van der Waals surface area contributed by atoms with Crippen molar-refractivity contribution < 1.29 is 9.53 Å². The molecule has 0 unspecified atom stereocenters. The molecule has 112 valence electrons. The number of amides is 1. The molecule has 0 radical (unpaired) electrons. The molecule has 0 bridgehead atoms. The van der Waals surface area contributed by atoms with Gasteiger partial charge in [-0.1, -0.05) is 30.0 Å². The minimum atomic E-state index is -0.0952. The van der Waals surface area contributed by atoms with Crippen LogP contribution in [0.5, 0.6) is 5.75 Å². The number of fused-ring (bicyclic) bond motifs is 1. The zero-order valence-electron chi connectivity index (χ0n) is 12.0. The van der Waals surface area contributed by atoms with Crippen molar-refractivity contribution in [2.24, 2.45) is 0 Å². The van der Waals surface area contributed by atoms with Gasteiger partial charge in [0.25, 0.3) is 0 Å². The predicted octanol–water partition coefficient (Wildman–Crippen LogP) is 3.07. The van der Waals surface area contributed by atoms with E-state index < -0.39 is 0 Å². The number of benzene rings is 1. The number of para-hydroxylation sites is 2. The molecule has 0 saturated carbocycles. The fourth-order valence-corrected chi connectivity index (χ4v) is 2.86. The van der Waals surface area contributed by atoms with Crippen LogP contribution in [0.4, 0.5) is 5.69 Å². The third kappa shape index (κ3) is 3.07. The molecule has 1 N–H and O–H groups in total. The van der Waals surface area contributed by atoms with E-state index in [1.807, 2.05) is 53.1 Å². The van der Waals surface area contributed by atoms with Gasteiger partial charge in [0.1, 0.15) is 5.75 Å². The second kappa shape index (κ2) is 6.53. The maximum absolute atomic E-state index is 12.1. The Balaban J connectivity index is 1.65. The molecule has 5 nitrogen and oxygen atoms in total. The summed E-state index contributed by atoms with van der Waals surface area (Å²) in [6, 6.07) is 13.2. The fourth-order valence-electron chi connectivity index (χ4n) is 2.09. The highest BCUT2D eigenvalue weighted by atomic mass is 32.2. The van der Waals surface area contributed by atoms with Crippen LogP contribution in [-0.2, 0) is 4.79 Å². The average Bonchev–Trinajstić information content (AvgIpc) is 2.97. The number of imidazole rings is 1. The molecular weight excluding hydrogens is 298 g/mol. The van der Waals surface area contributed by atoms with Gasteiger partial charge in [0.15, 0.2) is 5.16 Å². The van der Waals surface area contributed by atoms with Gasteiger partial charge in [-0.3, -0.25) is 9.20 Å². The zero-order chi connectivity index (χ0) is 15.4. The summed E-state index contributed by atoms with van der Waals surface area (Å²) in [6.07, 6.45) is 3.73. The normalized spacial score (nSPS) is 10.6. The Morgan fingerprint density at radius 1 is 1.27 bits per heavy atom. The van der Waals surface area contributed by atoms with Gasteiger partial charge in [-0.2, -0.15) is 0 Å². The van der Waals surface area contributed by atoms with Crippen LogP contribution in [0.25, 0.3) is 5.52 Å². The molecule has 22 heavy (non-hydrogen) atoms. The molecule has 3 rings (SSSR count). The second-order valence-corrected chi connectivity index (χ2v) is 5.52. The lowest BCUT2D eigenvalue weighted by molar-refractivity contribution is -0.113. The number of carbonyl (C=O) groups excluding carboxylic acids is 1. The van der Waals surface area contributed by atoms with Gasteiger partial charge in [0, 0.05) is 6.20 Å². The lowest BCUT2D eigenvalue weighted by Gasteiger charge is -2.09. The fraction of sp³-hybridized carbons (Fsp3) is 0.125. The van der Waals surface area contributed by atoms with Crippen molar-refractivity contribution in [1.82, 2.24) is 9.38 Å². The summed E-state index contributed by atoms with van der Waals surface area (Å²) in [5.41, 5.74) is 1.68. The minimum Gasteiger partial charge on any atom is -0.495 e. The minimum absolute atomic E-state index is 0.0952. The summed E-state index contributed by atoms with van der Waals surface area (Å²) in [6.45, 7) is 0. The van der Waals surface area contributed by atoms with Gasteiger partial charge in [-0.05, 0) is 24.3 Å². The highest BCUT2D eigenvalue weighted by Crippen LogP contribution is 2.24. The Labute approximate surface area is 132 Å². The van der Waals surface area contributed by atoms with Crippen molar-refractivity contribution >= 4 is 28.9 Å². The Hall–Kier alpha value is -2.47. The quantitative estimate of drug-likeness (QED) is 0.736. The molecule has 2 heterocycles. The van der Waals surface area contributed by atoms with Gasteiger partial charge in [0.05, 0.1) is 30.3 Å². The number of nitrogens with one attached hydrogen (secondary N) is 1. The van der Waals surface area contributed by atoms with Crippen molar-refractivity contribution in [3.8, 4) is 5.75 Å². The van der Waals surface area contributed by atoms with Crippen LogP contribution < -0.4 is 10.1 Å². The first-order valence-electron chi connectivity index (χ1n) is 6.75. The first-order valence-corrected chi connectivity index (χ1v) is 7.74. The van der Waals surface area contributed by atoms with Crippen molar-refractivity contribution in [2.45, 2.75) is 5.16 Å². The third-order valence-electron chi connectivity index (χ3n) is 3.12. The van der Waals surface area contributed by atoms with Crippen molar-refractivity contribution in [1.29, 1.82) is 0 Å². The zero-order valence-corrected chi connectivity index (χ0v) is 12.8. The van der Waals surface area contributed by atoms with E-state index in [-0.39, 0.29) is 11.7 Å². The maximum atomic E-state index is 12.1. The average molecular weight is 313 g/mol. The van der Waals surface area contributed by atoms with Gasteiger partial charge in [-0.25, -0.2) is 4.98 Å². The number of hydrogen-bond donors (Lipinski definition) is 1. The van der Waals surface area contributed by atoms with Crippen molar-refractivity contribution in [3.05, 3.63) is 54.9 Å². The van der Waals surface area contributed by atoms with Crippen molar-refractivity contribution in [3.63, 3.8) is 0 Å². The topological polar surface area (TPSA) is 55.6 Å². The van der Waals surface area contributed by atoms with Crippen molar-refractivity contribution in [2.75, 3.05) is 18.2 Å². The van der Waals surface area contributed by atoms with E-state index in [4.69, 9.17) is 4.74 Å². The molecule has 0 aliphatic rings. The van der Waals surface area contributed by atoms with E-state index in [0.717, 1.165) is 10.7 Å². The Bertz CT molecular complexity index is 801. The first kappa shape index (κ1) is 14.5. The van der Waals surface area contributed by atoms with Crippen LogP contribution in [0.15, 0.2) is 60.0 Å². The summed E-state index contributed by atoms with van der Waals surface area (Å²) >= 11 is 1.40. The van der Waals surface area contributed by atoms with Crippen LogP contribution >= 0.6 is 11.8 Å². The number of pyridine rings is 1. The molecular formula is C16H15N3O2S. The lowest BCUT2D eigenvalue weighted by Crippen LogP contribution is -2.14. The second-order valence-electron chi connectivity index (χ2n) is 4.57. The summed E-state index contributed by atoms with van der Waals surface area (Å²) in [5.74, 6) is 0.834. The molecule has 0 spiro atoms. The summed E-state index contributed by atoms with van der Waals surface area (Å²) in [5, 5.41) is 3.65. The highest BCUT2D eigenvalue weighted by molar-refractivity contribution is 7.99. The van der Waals surface area contributed by atoms with E-state index in [9.17, 15) is 4.79 Å². The largest absolute Gasteiger partial charge is 0.495 e.